The molecule has 2 rings (SSSR count). The third-order valence-electron chi connectivity index (χ3n) is 1.71. The number of carbonyl (C=O) groups is 1. The summed E-state index contributed by atoms with van der Waals surface area (Å²) in [7, 11) is 0. The topological polar surface area (TPSA) is 58.6 Å². The summed E-state index contributed by atoms with van der Waals surface area (Å²) in [5, 5.41) is 8.04. The summed E-state index contributed by atoms with van der Waals surface area (Å²) in [6, 6.07) is 7.15. The first-order valence-corrected chi connectivity index (χ1v) is 4.31. The van der Waals surface area contributed by atoms with Gasteiger partial charge in [-0.15, -0.1) is 10.2 Å². The van der Waals surface area contributed by atoms with Crippen molar-refractivity contribution in [1.29, 1.82) is 0 Å². The zero-order valence-corrected chi connectivity index (χ0v) is 7.82. The van der Waals surface area contributed by atoms with E-state index < -0.39 is 0 Å². The summed E-state index contributed by atoms with van der Waals surface area (Å²) in [6.07, 6.45) is 0.612. The standard InChI is InChI=1S/C9H6ClN3O/c10-7-3-1-2-6(4-7)9-11-8(5-14)12-13-9/h1-5H,(H,11,12,13). The number of rotatable bonds is 2. The number of nitrogens with zero attached hydrogens (tertiary/aromatic N) is 2. The Labute approximate surface area is 84.9 Å². The molecule has 14 heavy (non-hydrogen) atoms. The van der Waals surface area contributed by atoms with Gasteiger partial charge in [-0.25, -0.2) is 0 Å². The van der Waals surface area contributed by atoms with Crippen LogP contribution in [-0.4, -0.2) is 21.5 Å². The predicted octanol–water partition coefficient (Wildman–Crippen LogP) is 1.94. The van der Waals surface area contributed by atoms with E-state index in [2.05, 4.69) is 15.2 Å². The molecule has 70 valence electrons. The minimum Gasteiger partial charge on any atom is -0.319 e. The summed E-state index contributed by atoms with van der Waals surface area (Å²) in [5.74, 6) is 0.745. The fourth-order valence-electron chi connectivity index (χ4n) is 1.09. The quantitative estimate of drug-likeness (QED) is 0.766. The fraction of sp³-hybridized carbons (Fsp3) is 0. The number of H-pyrrole nitrogens is 1. The van der Waals surface area contributed by atoms with E-state index in [9.17, 15) is 4.79 Å². The monoisotopic (exact) mass is 207 g/mol. The highest BCUT2D eigenvalue weighted by Gasteiger charge is 2.04. The summed E-state index contributed by atoms with van der Waals surface area (Å²) in [5.41, 5.74) is 0.804. The van der Waals surface area contributed by atoms with Gasteiger partial charge >= 0.3 is 0 Å². The zero-order valence-electron chi connectivity index (χ0n) is 7.07. The van der Waals surface area contributed by atoms with Gasteiger partial charge in [0.05, 0.1) is 0 Å². The van der Waals surface area contributed by atoms with E-state index in [1.165, 1.54) is 0 Å². The first kappa shape index (κ1) is 8.90. The second kappa shape index (κ2) is 3.59. The van der Waals surface area contributed by atoms with E-state index >= 15 is 0 Å². The van der Waals surface area contributed by atoms with E-state index in [1.54, 1.807) is 18.2 Å². The van der Waals surface area contributed by atoms with E-state index in [1.807, 2.05) is 6.07 Å². The van der Waals surface area contributed by atoms with E-state index in [4.69, 9.17) is 11.6 Å². The van der Waals surface area contributed by atoms with E-state index in [0.29, 0.717) is 17.1 Å². The predicted molar refractivity (Wildman–Crippen MR) is 52.2 cm³/mol. The second-order valence-electron chi connectivity index (χ2n) is 2.69. The lowest BCUT2D eigenvalue weighted by Gasteiger charge is -1.95. The first-order valence-electron chi connectivity index (χ1n) is 3.93. The first-order chi connectivity index (χ1) is 6.79. The third kappa shape index (κ3) is 1.65. The van der Waals surface area contributed by atoms with Gasteiger partial charge in [0.2, 0.25) is 0 Å². The van der Waals surface area contributed by atoms with E-state index in [0.717, 1.165) is 5.56 Å². The van der Waals surface area contributed by atoms with Crippen molar-refractivity contribution in [2.24, 2.45) is 0 Å². The van der Waals surface area contributed by atoms with Crippen LogP contribution in [0, 0.1) is 0 Å². The Bertz CT molecular complexity index is 467. The summed E-state index contributed by atoms with van der Waals surface area (Å²) < 4.78 is 0. The van der Waals surface area contributed by atoms with Gasteiger partial charge in [-0.1, -0.05) is 23.7 Å². The average Bonchev–Trinajstić information content (AvgIpc) is 2.66. The van der Waals surface area contributed by atoms with Crippen molar-refractivity contribution < 1.29 is 4.79 Å². The maximum Gasteiger partial charge on any atom is 0.194 e. The largest absolute Gasteiger partial charge is 0.319 e. The molecule has 0 radical (unpaired) electrons. The smallest absolute Gasteiger partial charge is 0.194 e. The molecular formula is C9H6ClN3O. The fourth-order valence-corrected chi connectivity index (χ4v) is 1.28. The molecule has 2 aromatic rings. The van der Waals surface area contributed by atoms with Crippen LogP contribution in [0.4, 0.5) is 0 Å². The summed E-state index contributed by atoms with van der Waals surface area (Å²) >= 11 is 5.80. The molecule has 1 aromatic carbocycles. The lowest BCUT2D eigenvalue weighted by Crippen LogP contribution is -1.81. The van der Waals surface area contributed by atoms with Gasteiger partial charge in [0.1, 0.15) is 0 Å². The molecule has 0 atom stereocenters. The van der Waals surface area contributed by atoms with Gasteiger partial charge in [-0.2, -0.15) is 0 Å². The minimum atomic E-state index is 0.208. The number of benzene rings is 1. The Kier molecular flexibility index (Phi) is 2.28. The second-order valence-corrected chi connectivity index (χ2v) is 3.12. The molecular weight excluding hydrogens is 202 g/mol. The van der Waals surface area contributed by atoms with Crippen LogP contribution in [0.2, 0.25) is 5.02 Å². The molecule has 0 aliphatic heterocycles. The van der Waals surface area contributed by atoms with Crippen LogP contribution in [0.25, 0.3) is 11.4 Å². The molecule has 0 amide bonds. The Hall–Kier alpha value is -1.68. The highest BCUT2D eigenvalue weighted by atomic mass is 35.5. The Morgan fingerprint density at radius 3 is 2.86 bits per heavy atom. The van der Waals surface area contributed by atoms with Crippen LogP contribution >= 0.6 is 11.6 Å². The van der Waals surface area contributed by atoms with Crippen molar-refractivity contribution >= 4 is 17.9 Å². The molecule has 0 unspecified atom stereocenters. The van der Waals surface area contributed by atoms with Crippen LogP contribution in [0.3, 0.4) is 0 Å². The van der Waals surface area contributed by atoms with Gasteiger partial charge in [-0.3, -0.25) is 4.79 Å². The molecule has 0 fully saturated rings. The molecule has 1 N–H and O–H groups in total. The Balaban J connectivity index is 2.43. The van der Waals surface area contributed by atoms with Crippen LogP contribution in [0.15, 0.2) is 24.3 Å². The Morgan fingerprint density at radius 2 is 2.21 bits per heavy atom. The van der Waals surface area contributed by atoms with Crippen molar-refractivity contribution in [2.75, 3.05) is 0 Å². The van der Waals surface area contributed by atoms with Crippen molar-refractivity contribution in [3.63, 3.8) is 0 Å². The molecule has 0 aliphatic carbocycles. The molecule has 5 heteroatoms. The normalized spacial score (nSPS) is 10.1. The maximum atomic E-state index is 10.4. The third-order valence-corrected chi connectivity index (χ3v) is 1.95. The lowest BCUT2D eigenvalue weighted by molar-refractivity contribution is 0.111. The summed E-state index contributed by atoms with van der Waals surface area (Å²) in [4.78, 5) is 13.1. The minimum absolute atomic E-state index is 0.208. The number of carbonyl (C=O) groups excluding carboxylic acids is 1. The average molecular weight is 208 g/mol. The Morgan fingerprint density at radius 1 is 1.36 bits per heavy atom. The molecule has 0 saturated heterocycles. The number of aldehydes is 1. The highest BCUT2D eigenvalue weighted by molar-refractivity contribution is 6.30. The van der Waals surface area contributed by atoms with Crippen molar-refractivity contribution in [2.45, 2.75) is 0 Å². The van der Waals surface area contributed by atoms with Gasteiger partial charge < -0.3 is 4.98 Å². The molecule has 1 aromatic heterocycles. The lowest BCUT2D eigenvalue weighted by atomic mass is 10.2. The molecule has 0 bridgehead atoms. The van der Waals surface area contributed by atoms with Gasteiger partial charge in [0, 0.05) is 10.6 Å². The van der Waals surface area contributed by atoms with E-state index in [-0.39, 0.29) is 5.82 Å². The number of hydrogen-bond acceptors (Lipinski definition) is 3. The molecule has 4 nitrogen and oxygen atoms in total. The summed E-state index contributed by atoms with van der Waals surface area (Å²) in [6.45, 7) is 0. The molecule has 0 spiro atoms. The molecule has 1 heterocycles. The maximum absolute atomic E-state index is 10.4. The van der Waals surface area contributed by atoms with Crippen molar-refractivity contribution in [3.8, 4) is 11.4 Å². The van der Waals surface area contributed by atoms with Gasteiger partial charge in [0.25, 0.3) is 0 Å². The zero-order chi connectivity index (χ0) is 9.97. The number of nitrogens with one attached hydrogen (secondary N) is 1. The van der Waals surface area contributed by atoms with Crippen LogP contribution in [0.1, 0.15) is 10.6 Å². The van der Waals surface area contributed by atoms with Gasteiger partial charge in [-0.05, 0) is 12.1 Å². The molecule has 0 saturated carbocycles. The molecule has 0 aliphatic rings. The number of halogens is 1. The number of aromatic nitrogens is 3. The van der Waals surface area contributed by atoms with Crippen molar-refractivity contribution in [3.05, 3.63) is 35.1 Å². The number of hydrogen-bond donors (Lipinski definition) is 1. The van der Waals surface area contributed by atoms with Crippen LogP contribution in [0.5, 0.6) is 0 Å². The number of aromatic amines is 1. The van der Waals surface area contributed by atoms with Crippen LogP contribution < -0.4 is 0 Å². The SMILES string of the molecule is O=Cc1nnc(-c2cccc(Cl)c2)[nH]1. The highest BCUT2D eigenvalue weighted by Crippen LogP contribution is 2.18. The van der Waals surface area contributed by atoms with Gasteiger partial charge in [0.15, 0.2) is 17.9 Å². The van der Waals surface area contributed by atoms with Crippen molar-refractivity contribution in [1.82, 2.24) is 15.2 Å². The van der Waals surface area contributed by atoms with Crippen LogP contribution in [-0.2, 0) is 0 Å².